The number of aryl methyl sites for hydroxylation is 1. The van der Waals surface area contributed by atoms with Gasteiger partial charge in [-0.05, 0) is 19.1 Å². The van der Waals surface area contributed by atoms with Gasteiger partial charge in [-0.25, -0.2) is 9.66 Å². The fourth-order valence-corrected chi connectivity index (χ4v) is 3.54. The van der Waals surface area contributed by atoms with Gasteiger partial charge in [0.2, 0.25) is 5.16 Å². The van der Waals surface area contributed by atoms with Crippen molar-refractivity contribution in [2.75, 3.05) is 11.6 Å². The second-order valence-electron chi connectivity index (χ2n) is 6.37. The molecule has 0 spiro atoms. The average molecular weight is 403 g/mol. The highest BCUT2D eigenvalue weighted by molar-refractivity contribution is 7.99. The van der Waals surface area contributed by atoms with Crippen molar-refractivity contribution >= 4 is 28.4 Å². The molecule has 0 unspecified atom stereocenters. The van der Waals surface area contributed by atoms with Gasteiger partial charge < -0.3 is 15.9 Å². The van der Waals surface area contributed by atoms with E-state index in [1.54, 1.807) is 0 Å². The molecule has 0 saturated carbocycles. The van der Waals surface area contributed by atoms with E-state index in [0.29, 0.717) is 16.8 Å². The Morgan fingerprint density at radius 1 is 1.21 bits per heavy atom. The minimum atomic E-state index is -0.114. The van der Waals surface area contributed by atoms with Gasteiger partial charge in [0.1, 0.15) is 17.4 Å². The normalized spacial score (nSPS) is 12.0. The Balaban J connectivity index is 1.56. The van der Waals surface area contributed by atoms with Gasteiger partial charge in [0.05, 0.1) is 16.8 Å². The predicted molar refractivity (Wildman–Crippen MR) is 112 cm³/mol. The van der Waals surface area contributed by atoms with E-state index in [1.807, 2.05) is 61.5 Å². The second kappa shape index (κ2) is 7.69. The van der Waals surface area contributed by atoms with Crippen LogP contribution in [0.15, 0.2) is 59.4 Å². The van der Waals surface area contributed by atoms with E-state index < -0.39 is 0 Å². The third kappa shape index (κ3) is 3.66. The number of thioether (sulfide) groups is 1. The van der Waals surface area contributed by atoms with Crippen LogP contribution in [0, 0.1) is 18.3 Å². The number of rotatable bonds is 5. The van der Waals surface area contributed by atoms with Gasteiger partial charge in [0.15, 0.2) is 11.6 Å². The molecule has 0 aliphatic carbocycles. The molecule has 0 aliphatic heterocycles. The highest BCUT2D eigenvalue weighted by Gasteiger charge is 2.16. The van der Waals surface area contributed by atoms with Crippen molar-refractivity contribution in [2.24, 2.45) is 0 Å². The van der Waals surface area contributed by atoms with Crippen LogP contribution >= 0.6 is 11.8 Å². The Labute approximate surface area is 170 Å². The van der Waals surface area contributed by atoms with Gasteiger partial charge in [0.25, 0.3) is 0 Å². The maximum absolute atomic E-state index is 10.5. The first-order valence-corrected chi connectivity index (χ1v) is 9.73. The van der Waals surface area contributed by atoms with Gasteiger partial charge in [-0.1, -0.05) is 53.7 Å². The van der Waals surface area contributed by atoms with Crippen LogP contribution in [0.2, 0.25) is 0 Å². The van der Waals surface area contributed by atoms with Gasteiger partial charge >= 0.3 is 0 Å². The molecular formula is C20H17N7OS. The van der Waals surface area contributed by atoms with Gasteiger partial charge in [-0.15, -0.1) is 10.2 Å². The SMILES string of the molecule is Cc1ccc(-c2nnc(SCC(O)=C(C#N)c3nc4ccccc4[nH]3)n2N)cc1. The smallest absolute Gasteiger partial charge is 0.210 e. The summed E-state index contributed by atoms with van der Waals surface area (Å²) in [5, 5.41) is 28.6. The third-order valence-electron chi connectivity index (χ3n) is 4.34. The molecule has 4 aromatic rings. The van der Waals surface area contributed by atoms with Gasteiger partial charge in [-0.2, -0.15) is 5.26 Å². The van der Waals surface area contributed by atoms with Crippen LogP contribution in [-0.2, 0) is 0 Å². The molecule has 144 valence electrons. The van der Waals surface area contributed by atoms with E-state index in [0.717, 1.165) is 22.2 Å². The number of para-hydroxylation sites is 2. The summed E-state index contributed by atoms with van der Waals surface area (Å²) in [6, 6.07) is 17.2. The number of aromatic nitrogens is 5. The van der Waals surface area contributed by atoms with E-state index in [-0.39, 0.29) is 17.1 Å². The molecule has 0 saturated heterocycles. The van der Waals surface area contributed by atoms with Crippen LogP contribution in [0.25, 0.3) is 28.0 Å². The number of aliphatic hydroxyl groups is 1. The summed E-state index contributed by atoms with van der Waals surface area (Å²) in [6.07, 6.45) is 0. The number of H-pyrrole nitrogens is 1. The van der Waals surface area contributed by atoms with Gasteiger partial charge in [0, 0.05) is 5.56 Å². The molecule has 0 bridgehead atoms. The topological polar surface area (TPSA) is 129 Å². The first kappa shape index (κ1) is 18.6. The lowest BCUT2D eigenvalue weighted by atomic mass is 10.1. The van der Waals surface area contributed by atoms with Crippen LogP contribution < -0.4 is 5.84 Å². The van der Waals surface area contributed by atoms with Crippen molar-refractivity contribution < 1.29 is 5.11 Å². The number of aromatic amines is 1. The summed E-state index contributed by atoms with van der Waals surface area (Å²) >= 11 is 1.18. The molecule has 8 nitrogen and oxygen atoms in total. The number of aliphatic hydroxyl groups excluding tert-OH is 1. The lowest BCUT2D eigenvalue weighted by Crippen LogP contribution is -2.12. The zero-order chi connectivity index (χ0) is 20.4. The number of fused-ring (bicyclic) bond motifs is 1. The van der Waals surface area contributed by atoms with Crippen LogP contribution in [0.4, 0.5) is 0 Å². The summed E-state index contributed by atoms with van der Waals surface area (Å²) in [5.74, 6) is 6.95. The molecule has 2 aromatic carbocycles. The Morgan fingerprint density at radius 3 is 2.69 bits per heavy atom. The van der Waals surface area contributed by atoms with Gasteiger partial charge in [-0.3, -0.25) is 0 Å². The minimum absolute atomic E-state index is 0.0792. The summed E-state index contributed by atoms with van der Waals surface area (Å²) in [7, 11) is 0. The van der Waals surface area contributed by atoms with Crippen LogP contribution in [0.3, 0.4) is 0 Å². The summed E-state index contributed by atoms with van der Waals surface area (Å²) in [4.78, 5) is 7.41. The van der Waals surface area contributed by atoms with Crippen molar-refractivity contribution in [2.45, 2.75) is 12.1 Å². The Kier molecular flexibility index (Phi) is 4.93. The van der Waals surface area contributed by atoms with Crippen molar-refractivity contribution in [1.29, 1.82) is 5.26 Å². The second-order valence-corrected chi connectivity index (χ2v) is 7.31. The fourth-order valence-electron chi connectivity index (χ4n) is 2.81. The molecule has 4 rings (SSSR count). The van der Waals surface area contributed by atoms with Crippen molar-refractivity contribution in [3.63, 3.8) is 0 Å². The minimum Gasteiger partial charge on any atom is -0.510 e. The quantitative estimate of drug-likeness (QED) is 0.201. The molecule has 0 radical (unpaired) electrons. The molecule has 0 fully saturated rings. The molecule has 9 heteroatoms. The first-order valence-electron chi connectivity index (χ1n) is 8.74. The fraction of sp³-hybridized carbons (Fsp3) is 0.100. The van der Waals surface area contributed by atoms with Crippen molar-refractivity contribution in [3.8, 4) is 17.5 Å². The molecule has 2 aromatic heterocycles. The molecular weight excluding hydrogens is 386 g/mol. The highest BCUT2D eigenvalue weighted by Crippen LogP contribution is 2.25. The number of nitrogens with two attached hydrogens (primary N) is 1. The number of nitrogen functional groups attached to an aromatic ring is 1. The lowest BCUT2D eigenvalue weighted by Gasteiger charge is -2.05. The zero-order valence-electron chi connectivity index (χ0n) is 15.5. The predicted octanol–water partition coefficient (Wildman–Crippen LogP) is 3.43. The molecule has 29 heavy (non-hydrogen) atoms. The number of nitriles is 1. The van der Waals surface area contributed by atoms with E-state index in [4.69, 9.17) is 5.84 Å². The number of imidazole rings is 1. The van der Waals surface area contributed by atoms with E-state index >= 15 is 0 Å². The molecule has 4 N–H and O–H groups in total. The Hall–Kier alpha value is -3.77. The summed E-state index contributed by atoms with van der Waals surface area (Å²) in [5.41, 5.74) is 3.57. The summed E-state index contributed by atoms with van der Waals surface area (Å²) in [6.45, 7) is 2.00. The Morgan fingerprint density at radius 2 is 1.97 bits per heavy atom. The van der Waals surface area contributed by atoms with Crippen LogP contribution in [-0.4, -0.2) is 35.7 Å². The number of allylic oxidation sites excluding steroid dienone is 1. The zero-order valence-corrected chi connectivity index (χ0v) is 16.3. The molecule has 0 amide bonds. The van der Waals surface area contributed by atoms with Crippen LogP contribution in [0.5, 0.6) is 0 Å². The first-order chi connectivity index (χ1) is 14.1. The van der Waals surface area contributed by atoms with E-state index in [9.17, 15) is 10.4 Å². The number of nitrogens with one attached hydrogen (secondary N) is 1. The standard InChI is InChI=1S/C20H17N7OS/c1-12-6-8-13(9-7-12)19-25-26-20(27(19)22)29-11-17(28)14(10-21)18-23-15-4-2-3-5-16(15)24-18/h2-9,28H,11,22H2,1H3,(H,23,24). The highest BCUT2D eigenvalue weighted by atomic mass is 32.2. The van der Waals surface area contributed by atoms with E-state index in [2.05, 4.69) is 20.2 Å². The van der Waals surface area contributed by atoms with Crippen molar-refractivity contribution in [1.82, 2.24) is 24.8 Å². The number of hydrogen-bond acceptors (Lipinski definition) is 7. The lowest BCUT2D eigenvalue weighted by molar-refractivity contribution is 0.420. The largest absolute Gasteiger partial charge is 0.510 e. The third-order valence-corrected chi connectivity index (χ3v) is 5.29. The van der Waals surface area contributed by atoms with E-state index in [1.165, 1.54) is 16.4 Å². The average Bonchev–Trinajstić information content (AvgIpc) is 3.31. The van der Waals surface area contributed by atoms with Crippen molar-refractivity contribution in [3.05, 3.63) is 65.7 Å². The van der Waals surface area contributed by atoms with Crippen LogP contribution in [0.1, 0.15) is 11.4 Å². The molecule has 0 atom stereocenters. The number of benzene rings is 2. The molecule has 2 heterocycles. The monoisotopic (exact) mass is 403 g/mol. The summed E-state index contributed by atoms with van der Waals surface area (Å²) < 4.78 is 1.37. The number of nitrogens with zero attached hydrogens (tertiary/aromatic N) is 5. The Bertz CT molecular complexity index is 1220. The maximum Gasteiger partial charge on any atom is 0.210 e. The maximum atomic E-state index is 10.5. The molecule has 0 aliphatic rings. The number of hydrogen-bond donors (Lipinski definition) is 3.